The van der Waals surface area contributed by atoms with Crippen LogP contribution in [0, 0.1) is 6.92 Å². The van der Waals surface area contributed by atoms with Crippen LogP contribution >= 0.6 is 0 Å². The number of anilines is 2. The third-order valence-corrected chi connectivity index (χ3v) is 2.52. The zero-order valence-electron chi connectivity index (χ0n) is 10.4. The van der Waals surface area contributed by atoms with Gasteiger partial charge >= 0.3 is 0 Å². The second-order valence-electron chi connectivity index (χ2n) is 3.83. The van der Waals surface area contributed by atoms with Crippen LogP contribution in [0.3, 0.4) is 0 Å². The van der Waals surface area contributed by atoms with Gasteiger partial charge < -0.3 is 15.4 Å². The molecule has 1 aromatic rings. The predicted molar refractivity (Wildman–Crippen MR) is 65.5 cm³/mol. The normalized spacial score (nSPS) is 12.5. The van der Waals surface area contributed by atoms with Gasteiger partial charge in [0.1, 0.15) is 5.82 Å². The molecule has 0 amide bonds. The molecule has 0 spiro atoms. The van der Waals surface area contributed by atoms with E-state index in [1.54, 1.807) is 13.3 Å². The average Bonchev–Trinajstić information content (AvgIpc) is 2.24. The Balaban J connectivity index is 2.98. The van der Waals surface area contributed by atoms with E-state index >= 15 is 0 Å². The van der Waals surface area contributed by atoms with Gasteiger partial charge in [0.2, 0.25) is 5.95 Å². The highest BCUT2D eigenvalue weighted by molar-refractivity contribution is 5.48. The Hall–Kier alpha value is -1.36. The number of methoxy groups -OCH3 is 1. The second kappa shape index (κ2) is 5.65. The van der Waals surface area contributed by atoms with Gasteiger partial charge in [0.25, 0.3) is 0 Å². The van der Waals surface area contributed by atoms with E-state index in [-0.39, 0.29) is 6.04 Å². The molecule has 5 heteroatoms. The molecule has 0 radical (unpaired) electrons. The number of nitrogens with zero attached hydrogens (tertiary/aromatic N) is 3. The van der Waals surface area contributed by atoms with Crippen LogP contribution in [0.25, 0.3) is 0 Å². The number of nitrogen functional groups attached to an aromatic ring is 1. The molecule has 0 aliphatic heterocycles. The summed E-state index contributed by atoms with van der Waals surface area (Å²) in [5.74, 6) is 1.20. The van der Waals surface area contributed by atoms with Gasteiger partial charge in [-0.1, -0.05) is 0 Å². The lowest BCUT2D eigenvalue weighted by molar-refractivity contribution is 0.181. The Bertz CT molecular complexity index is 343. The maximum Gasteiger partial charge on any atom is 0.221 e. The number of rotatable bonds is 5. The number of aromatic nitrogens is 2. The summed E-state index contributed by atoms with van der Waals surface area (Å²) in [4.78, 5) is 10.4. The number of nitrogens with two attached hydrogens (primary N) is 1. The summed E-state index contributed by atoms with van der Waals surface area (Å²) in [6.45, 7) is 7.70. The highest BCUT2D eigenvalue weighted by atomic mass is 16.5. The molecule has 0 saturated heterocycles. The van der Waals surface area contributed by atoms with Crippen molar-refractivity contribution in [2.24, 2.45) is 0 Å². The van der Waals surface area contributed by atoms with Crippen LogP contribution in [-0.4, -0.2) is 36.3 Å². The van der Waals surface area contributed by atoms with Crippen molar-refractivity contribution in [1.29, 1.82) is 0 Å². The quantitative estimate of drug-likeness (QED) is 0.815. The van der Waals surface area contributed by atoms with Crippen molar-refractivity contribution in [1.82, 2.24) is 9.97 Å². The standard InChI is InChI=1S/C11H20N4O/c1-5-15(9(3)7-16-4)10-8(2)6-13-11(12)14-10/h6,9H,5,7H2,1-4H3,(H2,12,13,14). The Kier molecular flexibility index (Phi) is 4.49. The average molecular weight is 224 g/mol. The molecule has 0 saturated carbocycles. The maximum absolute atomic E-state index is 5.61. The van der Waals surface area contributed by atoms with Crippen LogP contribution in [0.2, 0.25) is 0 Å². The second-order valence-corrected chi connectivity index (χ2v) is 3.83. The van der Waals surface area contributed by atoms with Crippen LogP contribution in [0.15, 0.2) is 6.20 Å². The zero-order chi connectivity index (χ0) is 12.1. The summed E-state index contributed by atoms with van der Waals surface area (Å²) in [6.07, 6.45) is 1.75. The lowest BCUT2D eigenvalue weighted by Crippen LogP contribution is -2.37. The van der Waals surface area contributed by atoms with Crippen molar-refractivity contribution in [2.45, 2.75) is 26.8 Å². The van der Waals surface area contributed by atoms with E-state index in [0.29, 0.717) is 12.6 Å². The number of aryl methyl sites for hydroxylation is 1. The van der Waals surface area contributed by atoms with E-state index in [2.05, 4.69) is 28.7 Å². The molecule has 2 N–H and O–H groups in total. The molecule has 0 fully saturated rings. The highest BCUT2D eigenvalue weighted by Crippen LogP contribution is 2.19. The van der Waals surface area contributed by atoms with Gasteiger partial charge in [-0.3, -0.25) is 0 Å². The Labute approximate surface area is 96.6 Å². The summed E-state index contributed by atoms with van der Waals surface area (Å²) in [7, 11) is 1.70. The fourth-order valence-corrected chi connectivity index (χ4v) is 1.74. The van der Waals surface area contributed by atoms with Crippen molar-refractivity contribution < 1.29 is 4.74 Å². The molecule has 1 atom stereocenters. The van der Waals surface area contributed by atoms with E-state index in [0.717, 1.165) is 17.9 Å². The van der Waals surface area contributed by atoms with Crippen LogP contribution in [0.4, 0.5) is 11.8 Å². The molecule has 1 rings (SSSR count). The topological polar surface area (TPSA) is 64.3 Å². The largest absolute Gasteiger partial charge is 0.383 e. The van der Waals surface area contributed by atoms with Gasteiger partial charge in [0.05, 0.1) is 12.6 Å². The number of likely N-dealkylation sites (N-methyl/N-ethyl adjacent to an activating group) is 1. The Morgan fingerprint density at radius 2 is 2.25 bits per heavy atom. The SMILES string of the molecule is CCN(c1nc(N)ncc1C)C(C)COC. The fraction of sp³-hybridized carbons (Fsp3) is 0.636. The smallest absolute Gasteiger partial charge is 0.221 e. The zero-order valence-corrected chi connectivity index (χ0v) is 10.4. The van der Waals surface area contributed by atoms with Crippen LogP contribution in [0.5, 0.6) is 0 Å². The molecule has 1 aromatic heterocycles. The lowest BCUT2D eigenvalue weighted by Gasteiger charge is -2.29. The van der Waals surface area contributed by atoms with Crippen LogP contribution < -0.4 is 10.6 Å². The molecule has 0 aromatic carbocycles. The first-order valence-corrected chi connectivity index (χ1v) is 5.44. The van der Waals surface area contributed by atoms with Crippen molar-refractivity contribution in [3.63, 3.8) is 0 Å². The summed E-state index contributed by atoms with van der Waals surface area (Å²) < 4.78 is 5.16. The van der Waals surface area contributed by atoms with Gasteiger partial charge in [-0.25, -0.2) is 4.98 Å². The third kappa shape index (κ3) is 2.82. The van der Waals surface area contributed by atoms with E-state index in [1.807, 2.05) is 6.92 Å². The number of ether oxygens (including phenoxy) is 1. The van der Waals surface area contributed by atoms with Gasteiger partial charge in [-0.15, -0.1) is 0 Å². The van der Waals surface area contributed by atoms with Gasteiger partial charge in [-0.2, -0.15) is 4.98 Å². The monoisotopic (exact) mass is 224 g/mol. The fourth-order valence-electron chi connectivity index (χ4n) is 1.74. The maximum atomic E-state index is 5.61. The lowest BCUT2D eigenvalue weighted by atomic mass is 10.2. The first kappa shape index (κ1) is 12.7. The minimum absolute atomic E-state index is 0.267. The van der Waals surface area contributed by atoms with Crippen molar-refractivity contribution in [2.75, 3.05) is 30.9 Å². The van der Waals surface area contributed by atoms with Gasteiger partial charge in [-0.05, 0) is 20.8 Å². The van der Waals surface area contributed by atoms with Crippen LogP contribution in [0.1, 0.15) is 19.4 Å². The van der Waals surface area contributed by atoms with Crippen molar-refractivity contribution >= 4 is 11.8 Å². The molecular formula is C11H20N4O. The predicted octanol–water partition coefficient (Wildman–Crippen LogP) is 1.23. The molecule has 0 aliphatic rings. The van der Waals surface area contributed by atoms with Gasteiger partial charge in [0, 0.05) is 25.4 Å². The summed E-state index contributed by atoms with van der Waals surface area (Å²) in [5, 5.41) is 0. The molecule has 5 nitrogen and oxygen atoms in total. The molecule has 0 aliphatic carbocycles. The van der Waals surface area contributed by atoms with E-state index in [1.165, 1.54) is 0 Å². The summed E-state index contributed by atoms with van der Waals surface area (Å²) in [6, 6.07) is 0.267. The van der Waals surface area contributed by atoms with E-state index in [4.69, 9.17) is 10.5 Å². The first-order chi connectivity index (χ1) is 7.60. The molecule has 0 bridgehead atoms. The van der Waals surface area contributed by atoms with Crippen molar-refractivity contribution in [3.8, 4) is 0 Å². The summed E-state index contributed by atoms with van der Waals surface area (Å²) >= 11 is 0. The molecule has 1 heterocycles. The third-order valence-electron chi connectivity index (χ3n) is 2.52. The molecule has 16 heavy (non-hydrogen) atoms. The molecular weight excluding hydrogens is 204 g/mol. The Morgan fingerprint density at radius 1 is 1.56 bits per heavy atom. The number of hydrogen-bond donors (Lipinski definition) is 1. The summed E-state index contributed by atoms with van der Waals surface area (Å²) in [5.41, 5.74) is 6.64. The van der Waals surface area contributed by atoms with E-state index in [9.17, 15) is 0 Å². The Morgan fingerprint density at radius 3 is 2.81 bits per heavy atom. The first-order valence-electron chi connectivity index (χ1n) is 5.44. The minimum atomic E-state index is 0.267. The highest BCUT2D eigenvalue weighted by Gasteiger charge is 2.16. The molecule has 90 valence electrons. The minimum Gasteiger partial charge on any atom is -0.383 e. The van der Waals surface area contributed by atoms with E-state index < -0.39 is 0 Å². The van der Waals surface area contributed by atoms with Crippen LogP contribution in [-0.2, 0) is 4.74 Å². The van der Waals surface area contributed by atoms with Gasteiger partial charge in [0.15, 0.2) is 0 Å². The molecule has 1 unspecified atom stereocenters. The van der Waals surface area contributed by atoms with Crippen molar-refractivity contribution in [3.05, 3.63) is 11.8 Å². The number of hydrogen-bond acceptors (Lipinski definition) is 5.